The molecule has 16 nitrogen and oxygen atoms in total. The number of pyridine rings is 2. The molecule has 4 aliphatic rings. The minimum Gasteiger partial charge on any atom is -0.384 e. The molecule has 18 heteroatoms. The number of nitrogens with two attached hydrogens (primary N) is 2. The maximum absolute atomic E-state index is 13.4. The number of rotatable bonds is 12. The van der Waals surface area contributed by atoms with E-state index in [0.717, 1.165) is 117 Å². The molecule has 0 bridgehead atoms. The molecule has 6 aromatic rings. The lowest BCUT2D eigenvalue weighted by molar-refractivity contribution is -0.146. The highest BCUT2D eigenvalue weighted by atomic mass is 32.1. The predicted molar refractivity (Wildman–Crippen MR) is 275 cm³/mol. The number of hydrogen-bond donors (Lipinski definition) is 4. The minimum absolute atomic E-state index is 0.162. The molecule has 4 atom stereocenters. The van der Waals surface area contributed by atoms with Crippen LogP contribution in [0.5, 0.6) is 0 Å². The third kappa shape index (κ3) is 11.4. The number of anilines is 4. The summed E-state index contributed by atoms with van der Waals surface area (Å²) in [5.41, 5.74) is 18.8. The van der Waals surface area contributed by atoms with Gasteiger partial charge in [-0.2, -0.15) is 0 Å². The Morgan fingerprint density at radius 1 is 0.614 bits per heavy atom. The summed E-state index contributed by atoms with van der Waals surface area (Å²) in [4.78, 5) is 74.1. The fraction of sp³-hybridized carbons (Fsp3) is 0.462. The van der Waals surface area contributed by atoms with Crippen LogP contribution in [0.1, 0.15) is 121 Å². The number of likely N-dealkylation sites (tertiary alicyclic amines) is 2. The van der Waals surface area contributed by atoms with Crippen LogP contribution >= 0.6 is 22.7 Å². The maximum atomic E-state index is 13.4. The van der Waals surface area contributed by atoms with Crippen LogP contribution in [0.4, 0.5) is 23.0 Å². The highest BCUT2D eigenvalue weighted by Crippen LogP contribution is 2.44. The van der Waals surface area contributed by atoms with Gasteiger partial charge in [0.25, 0.3) is 0 Å². The Balaban J connectivity index is 0.000000174. The molecule has 2 aliphatic carbocycles. The lowest BCUT2D eigenvalue weighted by Gasteiger charge is -2.38. The summed E-state index contributed by atoms with van der Waals surface area (Å²) in [5.74, 6) is 0.0989. The van der Waals surface area contributed by atoms with Crippen LogP contribution < -0.4 is 22.1 Å². The Morgan fingerprint density at radius 3 is 1.41 bits per heavy atom. The van der Waals surface area contributed by atoms with E-state index < -0.39 is 23.6 Å². The van der Waals surface area contributed by atoms with Crippen LogP contribution in [0.2, 0.25) is 0 Å². The van der Waals surface area contributed by atoms with E-state index in [1.165, 1.54) is 12.4 Å². The number of amides is 4. The summed E-state index contributed by atoms with van der Waals surface area (Å²) in [6.07, 6.45) is 12.5. The van der Waals surface area contributed by atoms with Crippen LogP contribution in [-0.2, 0) is 41.5 Å². The van der Waals surface area contributed by atoms with Crippen molar-refractivity contribution in [1.82, 2.24) is 29.7 Å². The number of methoxy groups -OCH3 is 2. The van der Waals surface area contributed by atoms with Gasteiger partial charge in [0.15, 0.2) is 0 Å². The SMILES string of the molecule is COCCc1nc2cc([C@@H]3CC[C@@H](C)CN3C(=O)C(=O)Nc3cnc(N)c(C4CC4)c3)ccc2s1.COCCc1nc2cc([C@H]3CC[C@H](C)CN3C(=O)C(=O)Nc3cnc(N)c(C4CC4)c3)ccc2s1. The second-order valence-corrected chi connectivity index (χ2v) is 21.6. The first-order chi connectivity index (χ1) is 33.8. The Hall–Kier alpha value is -6.08. The number of nitrogen functional groups attached to an aromatic ring is 2. The molecule has 4 fully saturated rings. The summed E-state index contributed by atoms with van der Waals surface area (Å²) in [7, 11) is 3.38. The molecule has 6 N–H and O–H groups in total. The van der Waals surface area contributed by atoms with Crippen molar-refractivity contribution >= 4 is 89.7 Å². The fourth-order valence-electron chi connectivity index (χ4n) is 9.63. The van der Waals surface area contributed by atoms with Crippen molar-refractivity contribution in [2.75, 3.05) is 62.6 Å². The molecule has 0 unspecified atom stereocenters. The normalized spacial score (nSPS) is 20.2. The van der Waals surface area contributed by atoms with Gasteiger partial charge in [0.2, 0.25) is 0 Å². The topological polar surface area (TPSA) is 221 Å². The largest absolute Gasteiger partial charge is 0.384 e. The molecule has 2 aromatic carbocycles. The van der Waals surface area contributed by atoms with Crippen molar-refractivity contribution in [3.63, 3.8) is 0 Å². The number of thiazole rings is 2. The van der Waals surface area contributed by atoms with Gasteiger partial charge in [0.05, 0.1) is 79.5 Å². The highest BCUT2D eigenvalue weighted by molar-refractivity contribution is 7.18. The molecular formula is C52H62N10O6S2. The van der Waals surface area contributed by atoms with Crippen molar-refractivity contribution in [1.29, 1.82) is 0 Å². The molecule has 4 amide bonds. The average Bonchev–Trinajstić information content (AvgIpc) is 4.30. The molecular weight excluding hydrogens is 925 g/mol. The number of aromatic nitrogens is 4. The lowest BCUT2D eigenvalue weighted by atomic mass is 9.89. The van der Waals surface area contributed by atoms with Crippen molar-refractivity contribution in [2.24, 2.45) is 11.8 Å². The summed E-state index contributed by atoms with van der Waals surface area (Å²) in [6, 6.07) is 15.7. The first kappa shape index (κ1) is 48.9. The van der Waals surface area contributed by atoms with Gasteiger partial charge in [0, 0.05) is 40.2 Å². The number of carbonyl (C=O) groups excluding carboxylic acids is 4. The first-order valence-electron chi connectivity index (χ1n) is 24.4. The van der Waals surface area contributed by atoms with Crippen molar-refractivity contribution < 1.29 is 28.7 Å². The predicted octanol–water partition coefficient (Wildman–Crippen LogP) is 8.56. The molecule has 70 heavy (non-hydrogen) atoms. The molecule has 10 rings (SSSR count). The second kappa shape index (κ2) is 21.5. The van der Waals surface area contributed by atoms with Crippen molar-refractivity contribution in [3.05, 3.63) is 93.2 Å². The number of piperidine rings is 2. The number of nitrogens with zero attached hydrogens (tertiary/aromatic N) is 6. The van der Waals surface area contributed by atoms with Gasteiger partial charge >= 0.3 is 23.6 Å². The van der Waals surface area contributed by atoms with E-state index in [-0.39, 0.29) is 12.1 Å². The highest BCUT2D eigenvalue weighted by Gasteiger charge is 2.37. The molecule has 368 valence electrons. The summed E-state index contributed by atoms with van der Waals surface area (Å²) in [5, 5.41) is 7.58. The average molecular weight is 987 g/mol. The van der Waals surface area contributed by atoms with Gasteiger partial charge in [-0.25, -0.2) is 19.9 Å². The maximum Gasteiger partial charge on any atom is 0.313 e. The molecule has 2 saturated carbocycles. The Kier molecular flexibility index (Phi) is 15.0. The van der Waals surface area contributed by atoms with Crippen molar-refractivity contribution in [3.8, 4) is 0 Å². The minimum atomic E-state index is -0.644. The first-order valence-corrected chi connectivity index (χ1v) is 26.0. The van der Waals surface area contributed by atoms with Crippen LogP contribution in [0.25, 0.3) is 20.4 Å². The van der Waals surface area contributed by atoms with E-state index in [1.807, 2.05) is 12.1 Å². The standard InChI is InChI=1S/2C26H31N5O3S/c2*1-15-3-7-21(17-6-8-22-20(11-17)30-23(35-22)9-10-34-2)31(14-15)26(33)25(32)29-18-12-19(16-4-5-16)24(27)28-13-18/h2*6,8,11-13,15-16,21H,3-5,7,9-10,14H2,1-2H3,(H2,27,28)(H,29,32)/t2*15-,21+/m10/s1. The monoisotopic (exact) mass is 986 g/mol. The quantitative estimate of drug-likeness (QED) is 0.0848. The molecule has 0 radical (unpaired) electrons. The van der Waals surface area contributed by atoms with Gasteiger partial charge < -0.3 is 41.4 Å². The van der Waals surface area contributed by atoms with E-state index in [9.17, 15) is 19.2 Å². The Labute approximate surface area is 415 Å². The van der Waals surface area contributed by atoms with E-state index >= 15 is 0 Å². The molecule has 2 aliphatic heterocycles. The van der Waals surface area contributed by atoms with Crippen LogP contribution in [-0.4, -0.2) is 93.9 Å². The number of carbonyl (C=O) groups is 4. The van der Waals surface area contributed by atoms with Crippen LogP contribution in [0.15, 0.2) is 60.9 Å². The Morgan fingerprint density at radius 2 is 1.03 bits per heavy atom. The zero-order chi connectivity index (χ0) is 49.1. The van der Waals surface area contributed by atoms with E-state index in [0.29, 0.717) is 73.0 Å². The number of nitrogens with one attached hydrogen (secondary N) is 2. The lowest BCUT2D eigenvalue weighted by Crippen LogP contribution is -2.46. The third-order valence-corrected chi connectivity index (χ3v) is 15.9. The van der Waals surface area contributed by atoms with E-state index in [2.05, 4.69) is 70.8 Å². The van der Waals surface area contributed by atoms with Crippen molar-refractivity contribution in [2.45, 2.75) is 102 Å². The number of hydrogen-bond acceptors (Lipinski definition) is 14. The smallest absolute Gasteiger partial charge is 0.313 e. The van der Waals surface area contributed by atoms with Crippen LogP contribution in [0.3, 0.4) is 0 Å². The van der Waals surface area contributed by atoms with E-state index in [4.69, 9.17) is 30.9 Å². The number of ether oxygens (including phenoxy) is 2. The Bertz CT molecular complexity index is 2700. The van der Waals surface area contributed by atoms with Gasteiger partial charge in [-0.1, -0.05) is 26.0 Å². The zero-order valence-corrected chi connectivity index (χ0v) is 41.9. The van der Waals surface area contributed by atoms with Gasteiger partial charge in [-0.05, 0) is 134 Å². The van der Waals surface area contributed by atoms with Gasteiger partial charge in [-0.3, -0.25) is 19.2 Å². The van der Waals surface area contributed by atoms with E-state index in [1.54, 1.807) is 46.7 Å². The van der Waals surface area contributed by atoms with Gasteiger partial charge in [0.1, 0.15) is 11.6 Å². The molecule has 0 spiro atoms. The number of fused-ring (bicyclic) bond motifs is 2. The molecule has 2 saturated heterocycles. The summed E-state index contributed by atoms with van der Waals surface area (Å²) >= 11 is 3.33. The van der Waals surface area contributed by atoms with Crippen LogP contribution in [0, 0.1) is 11.8 Å². The van der Waals surface area contributed by atoms with Gasteiger partial charge in [-0.15, -0.1) is 22.7 Å². The molecule has 4 aromatic heterocycles. The zero-order valence-electron chi connectivity index (χ0n) is 40.2. The second-order valence-electron chi connectivity index (χ2n) is 19.3. The summed E-state index contributed by atoms with van der Waals surface area (Å²) < 4.78 is 12.6. The number of benzene rings is 2. The molecule has 6 heterocycles. The fourth-order valence-corrected chi connectivity index (χ4v) is 11.5. The summed E-state index contributed by atoms with van der Waals surface area (Å²) in [6.45, 7) is 6.58. The third-order valence-electron chi connectivity index (χ3n) is 13.7.